The molecule has 1 aliphatic heterocycles. The van der Waals surface area contributed by atoms with Crippen molar-refractivity contribution in [2.75, 3.05) is 18.1 Å². The van der Waals surface area contributed by atoms with E-state index in [2.05, 4.69) is 5.32 Å². The van der Waals surface area contributed by atoms with Gasteiger partial charge < -0.3 is 11.1 Å². The lowest BCUT2D eigenvalue weighted by molar-refractivity contribution is -0.122. The first-order chi connectivity index (χ1) is 6.41. The number of sulfone groups is 1. The van der Waals surface area contributed by atoms with Gasteiger partial charge in [0.05, 0.1) is 17.5 Å². The fraction of sp³-hybridized carbons (Fsp3) is 0.875. The quantitative estimate of drug-likeness (QED) is 0.631. The molecule has 5 nitrogen and oxygen atoms in total. The van der Waals surface area contributed by atoms with E-state index in [0.29, 0.717) is 13.0 Å². The van der Waals surface area contributed by atoms with Crippen LogP contribution in [-0.2, 0) is 14.6 Å². The molecule has 1 fully saturated rings. The predicted molar refractivity (Wildman–Crippen MR) is 53.4 cm³/mol. The lowest BCUT2D eigenvalue weighted by Gasteiger charge is -2.11. The summed E-state index contributed by atoms with van der Waals surface area (Å²) in [5.74, 6) is 0.259. The monoisotopic (exact) mass is 220 g/mol. The van der Waals surface area contributed by atoms with E-state index in [1.54, 1.807) is 6.92 Å². The number of carbonyl (C=O) groups excluding carboxylic acids is 1. The van der Waals surface area contributed by atoms with Crippen LogP contribution >= 0.6 is 0 Å². The van der Waals surface area contributed by atoms with Gasteiger partial charge >= 0.3 is 0 Å². The topological polar surface area (TPSA) is 89.3 Å². The van der Waals surface area contributed by atoms with Crippen molar-refractivity contribution in [3.8, 4) is 0 Å². The van der Waals surface area contributed by atoms with Crippen LogP contribution in [0.3, 0.4) is 0 Å². The molecule has 0 aromatic carbocycles. The summed E-state index contributed by atoms with van der Waals surface area (Å²) in [6.07, 6.45) is 0.640. The van der Waals surface area contributed by atoms with Crippen molar-refractivity contribution in [1.29, 1.82) is 0 Å². The maximum atomic E-state index is 11.1. The summed E-state index contributed by atoms with van der Waals surface area (Å²) < 4.78 is 22.2. The Morgan fingerprint density at radius 2 is 2.29 bits per heavy atom. The van der Waals surface area contributed by atoms with Gasteiger partial charge in [0.1, 0.15) is 0 Å². The minimum Gasteiger partial charge on any atom is -0.354 e. The SMILES string of the molecule is C[C@@H](N)C(=O)NCC1CCS(=O)(=O)C1. The van der Waals surface area contributed by atoms with Gasteiger partial charge in [0.25, 0.3) is 0 Å². The van der Waals surface area contributed by atoms with Crippen molar-refractivity contribution in [1.82, 2.24) is 5.32 Å². The molecule has 2 atom stereocenters. The summed E-state index contributed by atoms with van der Waals surface area (Å²) in [7, 11) is -2.85. The van der Waals surface area contributed by atoms with Crippen LogP contribution in [0.1, 0.15) is 13.3 Å². The van der Waals surface area contributed by atoms with E-state index in [9.17, 15) is 13.2 Å². The molecule has 0 aromatic rings. The van der Waals surface area contributed by atoms with Crippen molar-refractivity contribution in [2.45, 2.75) is 19.4 Å². The largest absolute Gasteiger partial charge is 0.354 e. The summed E-state index contributed by atoms with van der Waals surface area (Å²) in [5.41, 5.74) is 5.34. The van der Waals surface area contributed by atoms with E-state index in [4.69, 9.17) is 5.73 Å². The molecule has 1 unspecified atom stereocenters. The highest BCUT2D eigenvalue weighted by Gasteiger charge is 2.27. The van der Waals surface area contributed by atoms with Crippen LogP contribution < -0.4 is 11.1 Å². The zero-order chi connectivity index (χ0) is 10.8. The minimum absolute atomic E-state index is 0.0581. The molecule has 1 heterocycles. The maximum Gasteiger partial charge on any atom is 0.236 e. The number of carbonyl (C=O) groups is 1. The number of nitrogens with two attached hydrogens (primary N) is 1. The molecule has 0 aromatic heterocycles. The number of rotatable bonds is 3. The van der Waals surface area contributed by atoms with Crippen LogP contribution in [0.2, 0.25) is 0 Å². The van der Waals surface area contributed by atoms with Gasteiger partial charge in [-0.3, -0.25) is 4.79 Å². The van der Waals surface area contributed by atoms with Crippen molar-refractivity contribution in [3.05, 3.63) is 0 Å². The van der Waals surface area contributed by atoms with Crippen molar-refractivity contribution in [2.24, 2.45) is 11.7 Å². The molecule has 0 saturated carbocycles. The zero-order valence-corrected chi connectivity index (χ0v) is 9.01. The average Bonchev–Trinajstić information content (AvgIpc) is 2.41. The molecule has 0 spiro atoms. The Bertz CT molecular complexity index is 311. The lowest BCUT2D eigenvalue weighted by atomic mass is 10.1. The highest BCUT2D eigenvalue weighted by atomic mass is 32.2. The third-order valence-corrected chi connectivity index (χ3v) is 4.14. The summed E-state index contributed by atoms with van der Waals surface area (Å²) in [5, 5.41) is 2.63. The van der Waals surface area contributed by atoms with Crippen LogP contribution in [0, 0.1) is 5.92 Å². The minimum atomic E-state index is -2.85. The first kappa shape index (κ1) is 11.5. The average molecular weight is 220 g/mol. The molecule has 82 valence electrons. The zero-order valence-electron chi connectivity index (χ0n) is 8.19. The van der Waals surface area contributed by atoms with Gasteiger partial charge in [-0.2, -0.15) is 0 Å². The second kappa shape index (κ2) is 4.27. The molecule has 6 heteroatoms. The van der Waals surface area contributed by atoms with E-state index in [1.807, 2.05) is 0 Å². The third-order valence-electron chi connectivity index (χ3n) is 2.31. The second-order valence-electron chi connectivity index (χ2n) is 3.80. The molecule has 1 rings (SSSR count). The summed E-state index contributed by atoms with van der Waals surface area (Å²) in [6.45, 7) is 2.01. The standard InChI is InChI=1S/C8H16N2O3S/c1-6(9)8(11)10-4-7-2-3-14(12,13)5-7/h6-7H,2-5,9H2,1H3,(H,10,11)/t6-,7?/m1/s1. The number of amides is 1. The van der Waals surface area contributed by atoms with E-state index in [1.165, 1.54) is 0 Å². The summed E-state index contributed by atoms with van der Waals surface area (Å²) in [6, 6.07) is -0.534. The third kappa shape index (κ3) is 3.26. The summed E-state index contributed by atoms with van der Waals surface area (Å²) in [4.78, 5) is 11.1. The van der Waals surface area contributed by atoms with Gasteiger partial charge in [0.2, 0.25) is 5.91 Å². The first-order valence-corrected chi connectivity index (χ1v) is 6.46. The van der Waals surface area contributed by atoms with Gasteiger partial charge in [0.15, 0.2) is 9.84 Å². The molecule has 0 bridgehead atoms. The normalized spacial score (nSPS) is 27.1. The van der Waals surface area contributed by atoms with E-state index < -0.39 is 15.9 Å². The van der Waals surface area contributed by atoms with Crippen molar-refractivity contribution < 1.29 is 13.2 Å². The highest BCUT2D eigenvalue weighted by Crippen LogP contribution is 2.17. The predicted octanol–water partition coefficient (Wildman–Crippen LogP) is -1.12. The van der Waals surface area contributed by atoms with Gasteiger partial charge in [-0.15, -0.1) is 0 Å². The Morgan fingerprint density at radius 3 is 2.71 bits per heavy atom. The molecule has 0 radical (unpaired) electrons. The van der Waals surface area contributed by atoms with Crippen LogP contribution in [0.4, 0.5) is 0 Å². The van der Waals surface area contributed by atoms with Crippen LogP contribution in [0.25, 0.3) is 0 Å². The van der Waals surface area contributed by atoms with Crippen LogP contribution in [0.15, 0.2) is 0 Å². The molecule has 0 aliphatic carbocycles. The van der Waals surface area contributed by atoms with Crippen molar-refractivity contribution in [3.63, 3.8) is 0 Å². The van der Waals surface area contributed by atoms with Crippen molar-refractivity contribution >= 4 is 15.7 Å². The Balaban J connectivity index is 2.31. The molecule has 1 saturated heterocycles. The number of nitrogens with one attached hydrogen (secondary N) is 1. The van der Waals surface area contributed by atoms with E-state index in [-0.39, 0.29) is 23.3 Å². The Hall–Kier alpha value is -0.620. The van der Waals surface area contributed by atoms with Gasteiger partial charge in [-0.25, -0.2) is 8.42 Å². The molecule has 1 aliphatic rings. The fourth-order valence-electron chi connectivity index (χ4n) is 1.44. The van der Waals surface area contributed by atoms with Gasteiger partial charge in [0, 0.05) is 6.54 Å². The fourth-order valence-corrected chi connectivity index (χ4v) is 3.30. The molecule has 14 heavy (non-hydrogen) atoms. The molecular weight excluding hydrogens is 204 g/mol. The lowest BCUT2D eigenvalue weighted by Crippen LogP contribution is -2.40. The number of hydrogen-bond donors (Lipinski definition) is 2. The van der Waals surface area contributed by atoms with Crippen LogP contribution in [-0.4, -0.2) is 38.4 Å². The second-order valence-corrected chi connectivity index (χ2v) is 6.03. The Kier molecular flexibility index (Phi) is 3.49. The first-order valence-electron chi connectivity index (χ1n) is 4.64. The smallest absolute Gasteiger partial charge is 0.236 e. The molecular formula is C8H16N2O3S. The number of hydrogen-bond acceptors (Lipinski definition) is 4. The Morgan fingerprint density at radius 1 is 1.64 bits per heavy atom. The van der Waals surface area contributed by atoms with E-state index in [0.717, 1.165) is 0 Å². The molecule has 3 N–H and O–H groups in total. The van der Waals surface area contributed by atoms with Gasteiger partial charge in [-0.05, 0) is 19.3 Å². The van der Waals surface area contributed by atoms with E-state index >= 15 is 0 Å². The summed E-state index contributed by atoms with van der Waals surface area (Å²) >= 11 is 0. The highest BCUT2D eigenvalue weighted by molar-refractivity contribution is 7.91. The van der Waals surface area contributed by atoms with Crippen LogP contribution in [0.5, 0.6) is 0 Å². The van der Waals surface area contributed by atoms with Gasteiger partial charge in [-0.1, -0.05) is 0 Å². The molecule has 1 amide bonds. The maximum absolute atomic E-state index is 11.1. The Labute approximate surface area is 84.0 Å².